The van der Waals surface area contributed by atoms with E-state index in [-0.39, 0.29) is 0 Å². The zero-order valence-corrected chi connectivity index (χ0v) is 11.3. The maximum atomic E-state index is 9.18. The quantitative estimate of drug-likeness (QED) is 0.912. The van der Waals surface area contributed by atoms with Crippen LogP contribution in [0.15, 0.2) is 24.3 Å². The highest BCUT2D eigenvalue weighted by molar-refractivity contribution is 5.75. The van der Waals surface area contributed by atoms with Crippen molar-refractivity contribution >= 4 is 5.82 Å². The Morgan fingerprint density at radius 3 is 2.68 bits per heavy atom. The van der Waals surface area contributed by atoms with Crippen LogP contribution < -0.4 is 5.73 Å². The Morgan fingerprint density at radius 1 is 1.32 bits per heavy atom. The molecule has 0 amide bonds. The van der Waals surface area contributed by atoms with Gasteiger partial charge in [-0.15, -0.1) is 0 Å². The van der Waals surface area contributed by atoms with Crippen molar-refractivity contribution in [1.82, 2.24) is 9.55 Å². The van der Waals surface area contributed by atoms with Crippen molar-refractivity contribution in [1.29, 1.82) is 5.26 Å². The standard InChI is InChI=1S/C15H18N4/c1-3-9-19-13(4-2)18-14(15(19)17)12-8-6-5-7-11(12)10-16/h5-8H,3-4,9,17H2,1-2H3. The van der Waals surface area contributed by atoms with E-state index in [2.05, 4.69) is 24.9 Å². The second-order valence-electron chi connectivity index (χ2n) is 4.42. The molecule has 0 radical (unpaired) electrons. The van der Waals surface area contributed by atoms with Gasteiger partial charge in [0.1, 0.15) is 17.3 Å². The van der Waals surface area contributed by atoms with Crippen molar-refractivity contribution in [3.8, 4) is 17.3 Å². The highest BCUT2D eigenvalue weighted by atomic mass is 15.1. The van der Waals surface area contributed by atoms with Crippen LogP contribution in [0.1, 0.15) is 31.7 Å². The summed E-state index contributed by atoms with van der Waals surface area (Å²) >= 11 is 0. The summed E-state index contributed by atoms with van der Waals surface area (Å²) in [5, 5.41) is 9.18. The molecule has 1 heterocycles. The Bertz CT molecular complexity index is 620. The average molecular weight is 254 g/mol. The first-order valence-electron chi connectivity index (χ1n) is 6.57. The van der Waals surface area contributed by atoms with Gasteiger partial charge in [0.15, 0.2) is 0 Å². The first-order valence-corrected chi connectivity index (χ1v) is 6.57. The van der Waals surface area contributed by atoms with Crippen LogP contribution in [0.5, 0.6) is 0 Å². The van der Waals surface area contributed by atoms with E-state index in [0.29, 0.717) is 11.4 Å². The molecule has 0 aliphatic rings. The zero-order valence-electron chi connectivity index (χ0n) is 11.3. The van der Waals surface area contributed by atoms with Crippen molar-refractivity contribution in [2.75, 3.05) is 5.73 Å². The van der Waals surface area contributed by atoms with Gasteiger partial charge < -0.3 is 10.3 Å². The number of aromatic nitrogens is 2. The van der Waals surface area contributed by atoms with E-state index in [4.69, 9.17) is 5.73 Å². The number of hydrogen-bond donors (Lipinski definition) is 1. The third kappa shape index (κ3) is 2.32. The Morgan fingerprint density at radius 2 is 2.05 bits per heavy atom. The van der Waals surface area contributed by atoms with Crippen LogP contribution in [0.2, 0.25) is 0 Å². The number of imidazole rings is 1. The molecule has 2 N–H and O–H groups in total. The predicted octanol–water partition coefficient (Wildman–Crippen LogP) is 2.98. The van der Waals surface area contributed by atoms with Crippen LogP contribution in [-0.4, -0.2) is 9.55 Å². The lowest BCUT2D eigenvalue weighted by molar-refractivity contribution is 0.650. The molecule has 0 aliphatic carbocycles. The van der Waals surface area contributed by atoms with E-state index in [0.717, 1.165) is 36.5 Å². The van der Waals surface area contributed by atoms with Crippen LogP contribution >= 0.6 is 0 Å². The fourth-order valence-corrected chi connectivity index (χ4v) is 2.24. The number of aryl methyl sites for hydroxylation is 1. The van der Waals surface area contributed by atoms with E-state index in [1.54, 1.807) is 6.07 Å². The minimum atomic E-state index is 0.609. The van der Waals surface area contributed by atoms with Crippen molar-refractivity contribution in [2.24, 2.45) is 0 Å². The van der Waals surface area contributed by atoms with Gasteiger partial charge in [-0.1, -0.05) is 32.0 Å². The topological polar surface area (TPSA) is 67.6 Å². The monoisotopic (exact) mass is 254 g/mol. The highest BCUT2D eigenvalue weighted by Crippen LogP contribution is 2.29. The molecular formula is C15H18N4. The molecule has 4 heteroatoms. The van der Waals surface area contributed by atoms with Gasteiger partial charge in [0.25, 0.3) is 0 Å². The molecule has 4 nitrogen and oxygen atoms in total. The van der Waals surface area contributed by atoms with Crippen LogP contribution in [0.3, 0.4) is 0 Å². The summed E-state index contributed by atoms with van der Waals surface area (Å²) in [5.41, 5.74) is 8.36. The molecule has 1 aromatic carbocycles. The predicted molar refractivity (Wildman–Crippen MR) is 76.5 cm³/mol. The fourth-order valence-electron chi connectivity index (χ4n) is 2.24. The summed E-state index contributed by atoms with van der Waals surface area (Å²) < 4.78 is 2.05. The molecule has 0 atom stereocenters. The minimum absolute atomic E-state index is 0.609. The molecular weight excluding hydrogens is 236 g/mol. The first kappa shape index (κ1) is 13.2. The van der Waals surface area contributed by atoms with Gasteiger partial charge in [0.05, 0.1) is 11.6 Å². The zero-order chi connectivity index (χ0) is 13.8. The molecule has 2 aromatic rings. The van der Waals surface area contributed by atoms with Gasteiger partial charge in [-0.2, -0.15) is 5.26 Å². The molecule has 0 fully saturated rings. The van der Waals surface area contributed by atoms with Gasteiger partial charge in [-0.3, -0.25) is 0 Å². The van der Waals surface area contributed by atoms with Crippen molar-refractivity contribution in [3.05, 3.63) is 35.7 Å². The molecule has 0 bridgehead atoms. The number of nitrogen functional groups attached to an aromatic ring is 1. The summed E-state index contributed by atoms with van der Waals surface area (Å²) in [6.07, 6.45) is 1.84. The van der Waals surface area contributed by atoms with Crippen molar-refractivity contribution < 1.29 is 0 Å². The SMILES string of the molecule is CCCn1c(CC)nc(-c2ccccc2C#N)c1N. The van der Waals surface area contributed by atoms with E-state index >= 15 is 0 Å². The Hall–Kier alpha value is -2.28. The number of nitrogens with zero attached hydrogens (tertiary/aromatic N) is 3. The summed E-state index contributed by atoms with van der Waals surface area (Å²) in [4.78, 5) is 4.61. The molecule has 0 aliphatic heterocycles. The molecule has 0 spiro atoms. The van der Waals surface area contributed by atoms with Crippen molar-refractivity contribution in [3.63, 3.8) is 0 Å². The van der Waals surface area contributed by atoms with E-state index in [9.17, 15) is 5.26 Å². The number of benzene rings is 1. The first-order chi connectivity index (χ1) is 9.22. The number of nitrogens with two attached hydrogens (primary N) is 1. The normalized spacial score (nSPS) is 10.4. The Balaban J connectivity index is 2.60. The van der Waals surface area contributed by atoms with Crippen LogP contribution in [-0.2, 0) is 13.0 Å². The van der Waals surface area contributed by atoms with Gasteiger partial charge in [-0.25, -0.2) is 4.98 Å². The highest BCUT2D eigenvalue weighted by Gasteiger charge is 2.16. The second kappa shape index (κ2) is 5.57. The summed E-state index contributed by atoms with van der Waals surface area (Å²) in [6, 6.07) is 9.63. The molecule has 0 saturated carbocycles. The van der Waals surface area contributed by atoms with Crippen LogP contribution in [0, 0.1) is 11.3 Å². The smallest absolute Gasteiger partial charge is 0.131 e. The number of rotatable bonds is 4. The van der Waals surface area contributed by atoms with E-state index in [1.807, 2.05) is 22.8 Å². The fraction of sp³-hybridized carbons (Fsp3) is 0.333. The average Bonchev–Trinajstić information content (AvgIpc) is 2.76. The lowest BCUT2D eigenvalue weighted by Crippen LogP contribution is -2.06. The van der Waals surface area contributed by atoms with E-state index < -0.39 is 0 Å². The maximum Gasteiger partial charge on any atom is 0.131 e. The largest absolute Gasteiger partial charge is 0.383 e. The molecule has 19 heavy (non-hydrogen) atoms. The minimum Gasteiger partial charge on any atom is -0.383 e. The van der Waals surface area contributed by atoms with E-state index in [1.165, 1.54) is 0 Å². The molecule has 0 unspecified atom stereocenters. The van der Waals surface area contributed by atoms with Gasteiger partial charge in [0.2, 0.25) is 0 Å². The third-order valence-corrected chi connectivity index (χ3v) is 3.15. The molecule has 2 rings (SSSR count). The summed E-state index contributed by atoms with van der Waals surface area (Å²) in [5.74, 6) is 1.63. The Kier molecular flexibility index (Phi) is 3.86. The molecule has 98 valence electrons. The Labute approximate surface area is 113 Å². The van der Waals surface area contributed by atoms with Crippen molar-refractivity contribution in [2.45, 2.75) is 33.2 Å². The molecule has 0 saturated heterocycles. The molecule has 1 aromatic heterocycles. The van der Waals surface area contributed by atoms with Gasteiger partial charge >= 0.3 is 0 Å². The number of nitriles is 1. The summed E-state index contributed by atoms with van der Waals surface area (Å²) in [6.45, 7) is 5.03. The summed E-state index contributed by atoms with van der Waals surface area (Å²) in [7, 11) is 0. The van der Waals surface area contributed by atoms with Gasteiger partial charge in [0, 0.05) is 18.5 Å². The number of hydrogen-bond acceptors (Lipinski definition) is 3. The lowest BCUT2D eigenvalue weighted by atomic mass is 10.1. The third-order valence-electron chi connectivity index (χ3n) is 3.15. The van der Waals surface area contributed by atoms with Crippen LogP contribution in [0.4, 0.5) is 5.82 Å². The van der Waals surface area contributed by atoms with Crippen LogP contribution in [0.25, 0.3) is 11.3 Å². The maximum absolute atomic E-state index is 9.18. The second-order valence-corrected chi connectivity index (χ2v) is 4.42. The number of anilines is 1. The lowest BCUT2D eigenvalue weighted by Gasteiger charge is -2.07. The van der Waals surface area contributed by atoms with Gasteiger partial charge in [-0.05, 0) is 12.5 Å².